The van der Waals surface area contributed by atoms with Crippen LogP contribution in [-0.2, 0) is 4.79 Å². The number of ether oxygens (including phenoxy) is 3. The average Bonchev–Trinajstić information content (AvgIpc) is 2.60. The molecule has 0 saturated carbocycles. The van der Waals surface area contributed by atoms with Crippen LogP contribution < -0.4 is 19.5 Å². The molecule has 1 N–H and O–H groups in total. The van der Waals surface area contributed by atoms with Crippen LogP contribution in [0.15, 0.2) is 53.0 Å². The van der Waals surface area contributed by atoms with E-state index in [4.69, 9.17) is 14.2 Å². The highest BCUT2D eigenvalue weighted by molar-refractivity contribution is 9.10. The second-order valence-electron chi connectivity index (χ2n) is 5.20. The zero-order valence-corrected chi connectivity index (χ0v) is 15.2. The number of methoxy groups -OCH3 is 1. The minimum atomic E-state index is -0.191. The fourth-order valence-electron chi connectivity index (χ4n) is 1.93. The molecule has 128 valence electrons. The van der Waals surface area contributed by atoms with E-state index in [2.05, 4.69) is 21.2 Å². The third-order valence-electron chi connectivity index (χ3n) is 3.15. The lowest BCUT2D eigenvalue weighted by atomic mass is 10.3. The highest BCUT2D eigenvalue weighted by Crippen LogP contribution is 2.17. The normalized spacial score (nSPS) is 11.5. The first-order chi connectivity index (χ1) is 11.6. The van der Waals surface area contributed by atoms with Crippen molar-refractivity contribution < 1.29 is 19.0 Å². The molecule has 2 aromatic rings. The highest BCUT2D eigenvalue weighted by atomic mass is 79.9. The Labute approximate surface area is 150 Å². The van der Waals surface area contributed by atoms with E-state index in [1.807, 2.05) is 43.3 Å². The second kappa shape index (κ2) is 9.17. The molecule has 5 nitrogen and oxygen atoms in total. The first kappa shape index (κ1) is 18.1. The van der Waals surface area contributed by atoms with Crippen LogP contribution >= 0.6 is 15.9 Å². The Morgan fingerprint density at radius 2 is 1.54 bits per heavy atom. The number of nitrogens with one attached hydrogen (secondary N) is 1. The molecular formula is C18H20BrNO4. The predicted octanol–water partition coefficient (Wildman–Crippen LogP) is 3.42. The van der Waals surface area contributed by atoms with E-state index in [1.54, 1.807) is 19.2 Å². The summed E-state index contributed by atoms with van der Waals surface area (Å²) in [5.74, 6) is 1.95. The molecule has 0 saturated heterocycles. The molecule has 1 atom stereocenters. The van der Waals surface area contributed by atoms with Gasteiger partial charge in [-0.15, -0.1) is 0 Å². The van der Waals surface area contributed by atoms with Gasteiger partial charge in [-0.1, -0.05) is 15.9 Å². The molecular weight excluding hydrogens is 374 g/mol. The van der Waals surface area contributed by atoms with E-state index in [9.17, 15) is 4.79 Å². The zero-order valence-electron chi connectivity index (χ0n) is 13.6. The summed E-state index contributed by atoms with van der Waals surface area (Å²) in [5, 5.41) is 2.83. The zero-order chi connectivity index (χ0) is 17.4. The van der Waals surface area contributed by atoms with Crippen molar-refractivity contribution in [2.24, 2.45) is 0 Å². The summed E-state index contributed by atoms with van der Waals surface area (Å²) in [6.45, 7) is 2.21. The van der Waals surface area contributed by atoms with Crippen LogP contribution in [0.4, 0.5) is 0 Å². The van der Waals surface area contributed by atoms with Crippen LogP contribution in [0.25, 0.3) is 0 Å². The first-order valence-electron chi connectivity index (χ1n) is 7.51. The molecule has 0 radical (unpaired) electrons. The summed E-state index contributed by atoms with van der Waals surface area (Å²) in [4.78, 5) is 11.9. The van der Waals surface area contributed by atoms with Crippen molar-refractivity contribution in [3.05, 3.63) is 53.0 Å². The lowest BCUT2D eigenvalue weighted by Crippen LogP contribution is -2.39. The summed E-state index contributed by atoms with van der Waals surface area (Å²) in [6, 6.07) is 14.5. The van der Waals surface area contributed by atoms with Crippen LogP contribution in [0, 0.1) is 0 Å². The first-order valence-corrected chi connectivity index (χ1v) is 8.30. The van der Waals surface area contributed by atoms with E-state index >= 15 is 0 Å². The highest BCUT2D eigenvalue weighted by Gasteiger charge is 2.09. The molecule has 0 aromatic heterocycles. The molecule has 0 fully saturated rings. The summed E-state index contributed by atoms with van der Waals surface area (Å²) >= 11 is 3.35. The lowest BCUT2D eigenvalue weighted by molar-refractivity contribution is -0.123. The van der Waals surface area contributed by atoms with Crippen LogP contribution in [0.3, 0.4) is 0 Å². The van der Waals surface area contributed by atoms with Crippen molar-refractivity contribution >= 4 is 21.8 Å². The molecule has 0 aliphatic heterocycles. The maximum absolute atomic E-state index is 11.9. The van der Waals surface area contributed by atoms with Crippen LogP contribution in [-0.4, -0.2) is 32.3 Å². The van der Waals surface area contributed by atoms with Crippen molar-refractivity contribution in [1.82, 2.24) is 5.32 Å². The Hall–Kier alpha value is -2.21. The van der Waals surface area contributed by atoms with E-state index in [1.165, 1.54) is 0 Å². The van der Waals surface area contributed by atoms with Crippen molar-refractivity contribution in [1.29, 1.82) is 0 Å². The minimum absolute atomic E-state index is 0.0332. The molecule has 0 unspecified atom stereocenters. The van der Waals surface area contributed by atoms with Gasteiger partial charge in [-0.3, -0.25) is 4.79 Å². The van der Waals surface area contributed by atoms with Crippen LogP contribution in [0.5, 0.6) is 17.2 Å². The molecule has 2 rings (SSSR count). The fraction of sp³-hybridized carbons (Fsp3) is 0.278. The topological polar surface area (TPSA) is 56.8 Å². The fourth-order valence-corrected chi connectivity index (χ4v) is 2.20. The van der Waals surface area contributed by atoms with Crippen molar-refractivity contribution in [3.63, 3.8) is 0 Å². The number of carbonyl (C=O) groups excluding carboxylic acids is 1. The van der Waals surface area contributed by atoms with E-state index in [0.717, 1.165) is 16.0 Å². The molecule has 0 aliphatic carbocycles. The number of rotatable bonds is 8. The summed E-state index contributed by atoms with van der Waals surface area (Å²) < 4.78 is 17.1. The Bertz CT molecular complexity index is 643. The van der Waals surface area contributed by atoms with E-state index in [-0.39, 0.29) is 18.6 Å². The van der Waals surface area contributed by atoms with E-state index in [0.29, 0.717) is 12.4 Å². The number of carbonyl (C=O) groups is 1. The average molecular weight is 394 g/mol. The summed E-state index contributed by atoms with van der Waals surface area (Å²) in [5.41, 5.74) is 0. The number of hydrogen-bond donors (Lipinski definition) is 1. The van der Waals surface area contributed by atoms with Crippen molar-refractivity contribution in [2.75, 3.05) is 20.3 Å². The number of amides is 1. The van der Waals surface area contributed by atoms with E-state index < -0.39 is 0 Å². The van der Waals surface area contributed by atoms with Gasteiger partial charge in [0.15, 0.2) is 6.61 Å². The summed E-state index contributed by atoms with van der Waals surface area (Å²) in [7, 11) is 1.61. The Morgan fingerprint density at radius 1 is 1.00 bits per heavy atom. The van der Waals surface area contributed by atoms with Gasteiger partial charge in [0.2, 0.25) is 0 Å². The molecule has 0 heterocycles. The standard InChI is InChI=1S/C18H20BrNO4/c1-13(11-23-17-9-7-15(22-2)8-10-17)20-18(21)12-24-16-5-3-14(19)4-6-16/h3-10,13H,11-12H2,1-2H3,(H,20,21)/t13-/m1/s1. The van der Waals surface area contributed by atoms with Gasteiger partial charge in [0.05, 0.1) is 13.2 Å². The van der Waals surface area contributed by atoms with Gasteiger partial charge in [0.1, 0.15) is 23.9 Å². The van der Waals surface area contributed by atoms with Crippen molar-refractivity contribution in [3.8, 4) is 17.2 Å². The number of benzene rings is 2. The summed E-state index contributed by atoms with van der Waals surface area (Å²) in [6.07, 6.45) is 0. The van der Waals surface area contributed by atoms with Gasteiger partial charge in [-0.05, 0) is 55.5 Å². The SMILES string of the molecule is COc1ccc(OC[C@@H](C)NC(=O)COc2ccc(Br)cc2)cc1. The lowest BCUT2D eigenvalue weighted by Gasteiger charge is -2.15. The third-order valence-corrected chi connectivity index (χ3v) is 3.68. The largest absolute Gasteiger partial charge is 0.497 e. The quantitative estimate of drug-likeness (QED) is 0.746. The maximum atomic E-state index is 11.9. The van der Waals surface area contributed by atoms with Crippen LogP contribution in [0.2, 0.25) is 0 Å². The number of halogens is 1. The van der Waals surface area contributed by atoms with Gasteiger partial charge in [0, 0.05) is 4.47 Å². The molecule has 6 heteroatoms. The van der Waals surface area contributed by atoms with Crippen molar-refractivity contribution in [2.45, 2.75) is 13.0 Å². The molecule has 24 heavy (non-hydrogen) atoms. The minimum Gasteiger partial charge on any atom is -0.497 e. The maximum Gasteiger partial charge on any atom is 0.258 e. The Morgan fingerprint density at radius 3 is 2.17 bits per heavy atom. The smallest absolute Gasteiger partial charge is 0.258 e. The molecule has 1 amide bonds. The van der Waals surface area contributed by atoms with Gasteiger partial charge in [0.25, 0.3) is 5.91 Å². The molecule has 0 aliphatic rings. The second-order valence-corrected chi connectivity index (χ2v) is 6.11. The van der Waals surface area contributed by atoms with Crippen LogP contribution in [0.1, 0.15) is 6.92 Å². The Kier molecular flexibility index (Phi) is 6.93. The van der Waals surface area contributed by atoms with Gasteiger partial charge in [-0.2, -0.15) is 0 Å². The van der Waals surface area contributed by atoms with Gasteiger partial charge >= 0.3 is 0 Å². The molecule has 0 spiro atoms. The predicted molar refractivity (Wildman–Crippen MR) is 95.7 cm³/mol. The van der Waals surface area contributed by atoms with Gasteiger partial charge in [-0.25, -0.2) is 0 Å². The monoisotopic (exact) mass is 393 g/mol. The molecule has 0 bridgehead atoms. The van der Waals surface area contributed by atoms with Gasteiger partial charge < -0.3 is 19.5 Å². The Balaban J connectivity index is 1.69. The number of hydrogen-bond acceptors (Lipinski definition) is 4. The molecule has 2 aromatic carbocycles. The third kappa shape index (κ3) is 6.12.